The van der Waals surface area contributed by atoms with Gasteiger partial charge in [-0.05, 0) is 57.0 Å². The lowest BCUT2D eigenvalue weighted by Crippen LogP contribution is -2.65. The summed E-state index contributed by atoms with van der Waals surface area (Å²) in [6, 6.07) is 13.9. The number of hydrogen-bond donors (Lipinski definition) is 1. The van der Waals surface area contributed by atoms with Crippen molar-refractivity contribution in [2.24, 2.45) is 0 Å². The fraction of sp³-hybridized carbons (Fsp3) is 0.381. The van der Waals surface area contributed by atoms with Crippen molar-refractivity contribution in [2.75, 3.05) is 25.0 Å². The molecule has 26 heavy (non-hydrogen) atoms. The summed E-state index contributed by atoms with van der Waals surface area (Å²) in [5, 5.41) is 3.09. The maximum Gasteiger partial charge on any atom is 0.244 e. The van der Waals surface area contributed by atoms with E-state index >= 15 is 0 Å². The number of ether oxygens (including phenoxy) is 1. The first-order valence-corrected chi connectivity index (χ1v) is 9.70. The van der Waals surface area contributed by atoms with Gasteiger partial charge in [0, 0.05) is 23.2 Å². The van der Waals surface area contributed by atoms with E-state index in [0.717, 1.165) is 41.0 Å². The minimum atomic E-state index is -0.481. The Morgan fingerprint density at radius 1 is 1.23 bits per heavy atom. The zero-order valence-electron chi connectivity index (χ0n) is 15.5. The molecule has 0 aliphatic carbocycles. The van der Waals surface area contributed by atoms with E-state index in [1.165, 1.54) is 5.56 Å². The molecule has 0 saturated carbocycles. The molecule has 5 heteroatoms. The average molecular weight is 417 g/mol. The highest BCUT2D eigenvalue weighted by Gasteiger charge is 2.46. The number of amides is 1. The normalized spacial score (nSPS) is 19.7. The highest BCUT2D eigenvalue weighted by Crippen LogP contribution is 2.32. The Bertz CT molecular complexity index is 791. The van der Waals surface area contributed by atoms with E-state index < -0.39 is 5.54 Å². The predicted octanol–water partition coefficient (Wildman–Crippen LogP) is 4.55. The monoisotopic (exact) mass is 416 g/mol. The van der Waals surface area contributed by atoms with Crippen LogP contribution in [-0.4, -0.2) is 36.0 Å². The number of carbonyl (C=O) groups excluding carboxylic acids is 1. The first-order chi connectivity index (χ1) is 12.4. The Morgan fingerprint density at radius 3 is 2.62 bits per heavy atom. The first-order valence-electron chi connectivity index (χ1n) is 8.91. The van der Waals surface area contributed by atoms with Crippen molar-refractivity contribution >= 4 is 27.5 Å². The fourth-order valence-corrected chi connectivity index (χ4v) is 3.50. The third-order valence-corrected chi connectivity index (χ3v) is 6.08. The van der Waals surface area contributed by atoms with Crippen molar-refractivity contribution in [1.82, 2.24) is 4.90 Å². The third-order valence-electron chi connectivity index (χ3n) is 5.22. The largest absolute Gasteiger partial charge is 0.492 e. The first kappa shape index (κ1) is 18.9. The molecule has 138 valence electrons. The summed E-state index contributed by atoms with van der Waals surface area (Å²) in [5.41, 5.74) is 2.63. The quantitative estimate of drug-likeness (QED) is 0.750. The van der Waals surface area contributed by atoms with Crippen molar-refractivity contribution < 1.29 is 9.53 Å². The summed E-state index contributed by atoms with van der Waals surface area (Å²) in [6.45, 7) is 8.28. The van der Waals surface area contributed by atoms with Crippen LogP contribution < -0.4 is 10.1 Å². The highest BCUT2D eigenvalue weighted by molar-refractivity contribution is 9.10. The third kappa shape index (κ3) is 3.94. The number of nitrogens with zero attached hydrogens (tertiary/aromatic N) is 1. The molecule has 0 bridgehead atoms. The van der Waals surface area contributed by atoms with Crippen molar-refractivity contribution in [3.63, 3.8) is 0 Å². The minimum Gasteiger partial charge on any atom is -0.492 e. The number of anilines is 1. The van der Waals surface area contributed by atoms with Crippen LogP contribution in [0.25, 0.3) is 0 Å². The molecule has 2 aromatic rings. The van der Waals surface area contributed by atoms with Gasteiger partial charge in [0.1, 0.15) is 12.4 Å². The lowest BCUT2D eigenvalue weighted by Gasteiger charge is -2.49. The van der Waals surface area contributed by atoms with Crippen LogP contribution >= 0.6 is 15.9 Å². The molecular weight excluding hydrogens is 392 g/mol. The standard InChI is InChI=1S/C21H25BrN2O2/c1-15-7-9-17(10-8-15)26-14-13-24-12-11-21(24,3)20(25)23-19-6-4-5-18(22)16(19)2/h4-10H,11-14H2,1-3H3,(H,23,25). The summed E-state index contributed by atoms with van der Waals surface area (Å²) >= 11 is 3.51. The molecule has 0 aromatic heterocycles. The summed E-state index contributed by atoms with van der Waals surface area (Å²) < 4.78 is 6.81. The number of rotatable bonds is 6. The smallest absolute Gasteiger partial charge is 0.244 e. The Kier molecular flexibility index (Phi) is 5.68. The van der Waals surface area contributed by atoms with E-state index in [-0.39, 0.29) is 5.91 Å². The van der Waals surface area contributed by atoms with Crippen LogP contribution in [0.3, 0.4) is 0 Å². The van der Waals surface area contributed by atoms with E-state index in [0.29, 0.717) is 6.61 Å². The van der Waals surface area contributed by atoms with Gasteiger partial charge < -0.3 is 10.1 Å². The second kappa shape index (κ2) is 7.80. The molecular formula is C21H25BrN2O2. The number of aryl methyl sites for hydroxylation is 1. The molecule has 1 unspecified atom stereocenters. The van der Waals surface area contributed by atoms with Gasteiger partial charge in [0.25, 0.3) is 0 Å². The fourth-order valence-electron chi connectivity index (χ4n) is 3.13. The van der Waals surface area contributed by atoms with Gasteiger partial charge in [-0.1, -0.05) is 39.7 Å². The SMILES string of the molecule is Cc1ccc(OCCN2CCC2(C)C(=O)Nc2cccc(Br)c2C)cc1. The molecule has 1 heterocycles. The molecule has 1 N–H and O–H groups in total. The van der Waals surface area contributed by atoms with Gasteiger partial charge in [-0.25, -0.2) is 0 Å². The van der Waals surface area contributed by atoms with E-state index in [1.807, 2.05) is 56.3 Å². The van der Waals surface area contributed by atoms with Crippen molar-refractivity contribution in [3.05, 3.63) is 58.1 Å². The molecule has 1 atom stereocenters. The molecule has 1 saturated heterocycles. The van der Waals surface area contributed by atoms with Crippen LogP contribution in [0.5, 0.6) is 5.75 Å². The van der Waals surface area contributed by atoms with E-state index in [4.69, 9.17) is 4.74 Å². The van der Waals surface area contributed by atoms with Gasteiger partial charge in [0.05, 0.1) is 5.54 Å². The van der Waals surface area contributed by atoms with Crippen LogP contribution in [0, 0.1) is 13.8 Å². The lowest BCUT2D eigenvalue weighted by atomic mass is 9.85. The molecule has 4 nitrogen and oxygen atoms in total. The number of nitrogens with one attached hydrogen (secondary N) is 1. The second-order valence-electron chi connectivity index (χ2n) is 7.04. The Labute approximate surface area is 163 Å². The predicted molar refractivity (Wildman–Crippen MR) is 109 cm³/mol. The number of carbonyl (C=O) groups is 1. The second-order valence-corrected chi connectivity index (χ2v) is 7.89. The van der Waals surface area contributed by atoms with Gasteiger partial charge in [0.15, 0.2) is 0 Å². The Hall–Kier alpha value is -1.85. The van der Waals surface area contributed by atoms with Gasteiger partial charge >= 0.3 is 0 Å². The topological polar surface area (TPSA) is 41.6 Å². The van der Waals surface area contributed by atoms with Crippen LogP contribution in [0.2, 0.25) is 0 Å². The number of benzene rings is 2. The molecule has 0 radical (unpaired) electrons. The molecule has 3 rings (SSSR count). The average Bonchev–Trinajstić information content (AvgIpc) is 2.62. The Balaban J connectivity index is 1.56. The van der Waals surface area contributed by atoms with Crippen molar-refractivity contribution in [3.8, 4) is 5.75 Å². The van der Waals surface area contributed by atoms with Crippen LogP contribution in [0.4, 0.5) is 5.69 Å². The van der Waals surface area contributed by atoms with Crippen molar-refractivity contribution in [1.29, 1.82) is 0 Å². The molecule has 1 fully saturated rings. The minimum absolute atomic E-state index is 0.0419. The van der Waals surface area contributed by atoms with E-state index in [1.54, 1.807) is 0 Å². The maximum absolute atomic E-state index is 12.9. The zero-order valence-corrected chi connectivity index (χ0v) is 17.1. The zero-order chi connectivity index (χ0) is 18.7. The van der Waals surface area contributed by atoms with E-state index in [9.17, 15) is 4.79 Å². The molecule has 2 aromatic carbocycles. The summed E-state index contributed by atoms with van der Waals surface area (Å²) in [7, 11) is 0. The molecule has 1 aliphatic rings. The van der Waals surface area contributed by atoms with Crippen LogP contribution in [-0.2, 0) is 4.79 Å². The molecule has 1 amide bonds. The summed E-state index contributed by atoms with van der Waals surface area (Å²) in [5.74, 6) is 0.910. The van der Waals surface area contributed by atoms with Gasteiger partial charge in [-0.2, -0.15) is 0 Å². The summed E-state index contributed by atoms with van der Waals surface area (Å²) in [4.78, 5) is 15.0. The van der Waals surface area contributed by atoms with Gasteiger partial charge in [-0.3, -0.25) is 9.69 Å². The van der Waals surface area contributed by atoms with Gasteiger partial charge in [-0.15, -0.1) is 0 Å². The van der Waals surface area contributed by atoms with E-state index in [2.05, 4.69) is 33.1 Å². The van der Waals surface area contributed by atoms with Crippen LogP contribution in [0.15, 0.2) is 46.9 Å². The number of likely N-dealkylation sites (tertiary alicyclic amines) is 1. The maximum atomic E-state index is 12.9. The molecule has 1 aliphatic heterocycles. The van der Waals surface area contributed by atoms with Gasteiger partial charge in [0.2, 0.25) is 5.91 Å². The number of hydrogen-bond acceptors (Lipinski definition) is 3. The van der Waals surface area contributed by atoms with Crippen LogP contribution in [0.1, 0.15) is 24.5 Å². The highest BCUT2D eigenvalue weighted by atomic mass is 79.9. The Morgan fingerprint density at radius 2 is 1.96 bits per heavy atom. The number of halogens is 1. The lowest BCUT2D eigenvalue weighted by molar-refractivity contribution is -0.135. The summed E-state index contributed by atoms with van der Waals surface area (Å²) in [6.07, 6.45) is 0.858. The van der Waals surface area contributed by atoms with Crippen molar-refractivity contribution in [2.45, 2.75) is 32.7 Å². The molecule has 0 spiro atoms.